The maximum atomic E-state index is 10.7. The molecule has 1 aliphatic carbocycles. The van der Waals surface area contributed by atoms with Gasteiger partial charge >= 0.3 is 5.82 Å². The van der Waals surface area contributed by atoms with Crippen LogP contribution in [0, 0.1) is 20.2 Å². The van der Waals surface area contributed by atoms with E-state index in [9.17, 15) is 20.2 Å². The van der Waals surface area contributed by atoms with Gasteiger partial charge in [0.1, 0.15) is 15.9 Å². The van der Waals surface area contributed by atoms with E-state index >= 15 is 0 Å². The fourth-order valence-electron chi connectivity index (χ4n) is 2.66. The lowest BCUT2D eigenvalue weighted by molar-refractivity contribution is -0.613. The smallest absolute Gasteiger partial charge is 0.399 e. The van der Waals surface area contributed by atoms with Gasteiger partial charge in [-0.15, -0.1) is 0 Å². The Hall–Kier alpha value is -3.22. The van der Waals surface area contributed by atoms with Gasteiger partial charge in [-0.3, -0.25) is 20.2 Å². The molecular formula is C15H11N3O4. The van der Waals surface area contributed by atoms with E-state index in [1.54, 1.807) is 12.1 Å². The first kappa shape index (κ1) is 13.7. The Bertz CT molecular complexity index is 827. The van der Waals surface area contributed by atoms with Crippen LogP contribution in [0.5, 0.6) is 0 Å². The van der Waals surface area contributed by atoms with Crippen molar-refractivity contribution in [1.82, 2.24) is 0 Å². The van der Waals surface area contributed by atoms with Crippen LogP contribution < -0.4 is 5.73 Å². The first-order valence-electron chi connectivity index (χ1n) is 6.48. The van der Waals surface area contributed by atoms with Gasteiger partial charge in [-0.1, -0.05) is 24.3 Å². The lowest BCUT2D eigenvalue weighted by Gasteiger charge is -2.02. The van der Waals surface area contributed by atoms with Crippen LogP contribution in [0.4, 0.5) is 5.69 Å². The molecule has 0 aliphatic heterocycles. The Morgan fingerprint density at radius 3 is 2.23 bits per heavy atom. The molecule has 0 saturated heterocycles. The van der Waals surface area contributed by atoms with Crippen molar-refractivity contribution in [3.05, 3.63) is 79.1 Å². The standard InChI is InChI=1S/C15H11N3O4/c16-12-2-4-14-11(8-12)7-10-5-9(1-3-13(10)14)6-15(17(19)20)18(21)22/h1-6,8H,7,16H2. The fourth-order valence-corrected chi connectivity index (χ4v) is 2.66. The highest BCUT2D eigenvalue weighted by molar-refractivity contribution is 5.79. The Morgan fingerprint density at radius 1 is 1.00 bits per heavy atom. The molecule has 0 unspecified atom stereocenters. The van der Waals surface area contributed by atoms with Crippen LogP contribution in [0.2, 0.25) is 0 Å². The largest absolute Gasteiger partial charge is 0.559 e. The van der Waals surface area contributed by atoms with E-state index in [1.165, 1.54) is 0 Å². The first-order chi connectivity index (χ1) is 10.5. The second-order valence-corrected chi connectivity index (χ2v) is 5.03. The van der Waals surface area contributed by atoms with Crippen molar-refractivity contribution in [1.29, 1.82) is 0 Å². The summed E-state index contributed by atoms with van der Waals surface area (Å²) >= 11 is 0. The summed E-state index contributed by atoms with van der Waals surface area (Å²) in [5, 5.41) is 21.4. The number of nitrogens with zero attached hydrogens (tertiary/aromatic N) is 2. The molecule has 0 fully saturated rings. The average molecular weight is 297 g/mol. The minimum atomic E-state index is -1.04. The predicted octanol–water partition coefficient (Wildman–Crippen LogP) is 2.69. The molecule has 22 heavy (non-hydrogen) atoms. The van der Waals surface area contributed by atoms with Gasteiger partial charge in [-0.25, -0.2) is 0 Å². The highest BCUT2D eigenvalue weighted by Crippen LogP contribution is 2.38. The van der Waals surface area contributed by atoms with E-state index in [0.717, 1.165) is 28.3 Å². The topological polar surface area (TPSA) is 112 Å². The van der Waals surface area contributed by atoms with E-state index in [2.05, 4.69) is 0 Å². The van der Waals surface area contributed by atoms with Crippen LogP contribution in [0.1, 0.15) is 16.7 Å². The third kappa shape index (κ3) is 2.28. The molecule has 7 nitrogen and oxygen atoms in total. The van der Waals surface area contributed by atoms with E-state index in [4.69, 9.17) is 5.73 Å². The van der Waals surface area contributed by atoms with Crippen molar-refractivity contribution in [3.63, 3.8) is 0 Å². The van der Waals surface area contributed by atoms with Crippen molar-refractivity contribution in [2.75, 3.05) is 5.73 Å². The minimum Gasteiger partial charge on any atom is -0.399 e. The van der Waals surface area contributed by atoms with Crippen LogP contribution in [0.3, 0.4) is 0 Å². The number of nitrogens with two attached hydrogens (primary N) is 1. The number of nitro groups is 2. The maximum absolute atomic E-state index is 10.7. The second-order valence-electron chi connectivity index (χ2n) is 5.03. The number of anilines is 1. The molecule has 0 aromatic heterocycles. The molecule has 0 atom stereocenters. The van der Waals surface area contributed by atoms with Crippen LogP contribution in [0.25, 0.3) is 17.2 Å². The quantitative estimate of drug-likeness (QED) is 0.453. The predicted molar refractivity (Wildman–Crippen MR) is 81.1 cm³/mol. The lowest BCUT2D eigenvalue weighted by Crippen LogP contribution is -2.08. The van der Waals surface area contributed by atoms with Crippen molar-refractivity contribution in [2.45, 2.75) is 6.42 Å². The lowest BCUT2D eigenvalue weighted by atomic mass is 10.0. The van der Waals surface area contributed by atoms with Crippen molar-refractivity contribution < 1.29 is 9.85 Å². The van der Waals surface area contributed by atoms with Gasteiger partial charge in [0.05, 0.1) is 0 Å². The van der Waals surface area contributed by atoms with Gasteiger partial charge in [0.15, 0.2) is 0 Å². The summed E-state index contributed by atoms with van der Waals surface area (Å²) in [5.74, 6) is -1.04. The van der Waals surface area contributed by atoms with Crippen LogP contribution >= 0.6 is 0 Å². The summed E-state index contributed by atoms with van der Waals surface area (Å²) in [4.78, 5) is 19.4. The zero-order chi connectivity index (χ0) is 15.9. The highest BCUT2D eigenvalue weighted by atomic mass is 16.7. The van der Waals surface area contributed by atoms with E-state index in [0.29, 0.717) is 17.7 Å². The number of hydrogen-bond acceptors (Lipinski definition) is 5. The van der Waals surface area contributed by atoms with Gasteiger partial charge < -0.3 is 5.73 Å². The zero-order valence-corrected chi connectivity index (χ0v) is 11.4. The number of fused-ring (bicyclic) bond motifs is 3. The average Bonchev–Trinajstić information content (AvgIpc) is 2.80. The third-order valence-electron chi connectivity index (χ3n) is 3.60. The summed E-state index contributed by atoms with van der Waals surface area (Å²) in [6, 6.07) is 10.8. The molecule has 0 bridgehead atoms. The minimum absolute atomic E-state index is 0.433. The molecule has 2 N–H and O–H groups in total. The summed E-state index contributed by atoms with van der Waals surface area (Å²) in [6.07, 6.45) is 1.63. The van der Waals surface area contributed by atoms with E-state index in [-0.39, 0.29) is 0 Å². The summed E-state index contributed by atoms with van der Waals surface area (Å²) in [5.41, 5.74) is 11.0. The van der Waals surface area contributed by atoms with Gasteiger partial charge in [0.25, 0.3) is 0 Å². The second kappa shape index (κ2) is 4.96. The molecule has 0 spiro atoms. The summed E-state index contributed by atoms with van der Waals surface area (Å²) in [7, 11) is 0. The molecule has 0 heterocycles. The molecule has 2 aromatic carbocycles. The zero-order valence-electron chi connectivity index (χ0n) is 11.4. The molecule has 7 heteroatoms. The molecule has 3 rings (SSSR count). The number of hydrogen-bond donors (Lipinski definition) is 1. The Labute approximate surface area is 125 Å². The first-order valence-corrected chi connectivity index (χ1v) is 6.48. The van der Waals surface area contributed by atoms with Crippen molar-refractivity contribution in [2.24, 2.45) is 0 Å². The van der Waals surface area contributed by atoms with Gasteiger partial charge in [-0.2, -0.15) is 0 Å². The molecule has 2 aromatic rings. The van der Waals surface area contributed by atoms with Crippen molar-refractivity contribution in [3.8, 4) is 11.1 Å². The Balaban J connectivity index is 2.03. The fraction of sp³-hybridized carbons (Fsp3) is 0.0667. The summed E-state index contributed by atoms with van der Waals surface area (Å²) < 4.78 is 0. The van der Waals surface area contributed by atoms with Crippen LogP contribution in [-0.4, -0.2) is 9.85 Å². The number of rotatable bonds is 3. The molecular weight excluding hydrogens is 286 g/mol. The van der Waals surface area contributed by atoms with E-state index in [1.807, 2.05) is 24.3 Å². The SMILES string of the molecule is Nc1ccc2c(c1)Cc1cc(C=C([N+](=O)[O-])[N+](=O)[O-])ccc1-2. The highest BCUT2D eigenvalue weighted by Gasteiger charge is 2.25. The maximum Gasteiger partial charge on any atom is 0.559 e. The number of nitrogen functional groups attached to an aromatic ring is 1. The third-order valence-corrected chi connectivity index (χ3v) is 3.60. The van der Waals surface area contributed by atoms with Crippen molar-refractivity contribution >= 4 is 11.8 Å². The van der Waals surface area contributed by atoms with Crippen LogP contribution in [-0.2, 0) is 6.42 Å². The summed E-state index contributed by atoms with van der Waals surface area (Å²) in [6.45, 7) is 0. The molecule has 0 radical (unpaired) electrons. The van der Waals surface area contributed by atoms with Gasteiger partial charge in [0, 0.05) is 5.69 Å². The van der Waals surface area contributed by atoms with Gasteiger partial charge in [-0.05, 0) is 46.4 Å². The number of benzene rings is 2. The molecule has 0 saturated carbocycles. The Morgan fingerprint density at radius 2 is 1.59 bits per heavy atom. The normalized spacial score (nSPS) is 11.5. The molecule has 1 aliphatic rings. The van der Waals surface area contributed by atoms with E-state index < -0.39 is 15.7 Å². The van der Waals surface area contributed by atoms with Crippen LogP contribution in [0.15, 0.2) is 42.2 Å². The van der Waals surface area contributed by atoms with Gasteiger partial charge in [0.2, 0.25) is 0 Å². The Kier molecular flexibility index (Phi) is 3.10. The molecule has 110 valence electrons. The molecule has 0 amide bonds. The monoisotopic (exact) mass is 297 g/mol.